The summed E-state index contributed by atoms with van der Waals surface area (Å²) in [6.07, 6.45) is -2.85. The van der Waals surface area contributed by atoms with Crippen molar-refractivity contribution in [3.05, 3.63) is 17.5 Å². The van der Waals surface area contributed by atoms with Gasteiger partial charge in [-0.1, -0.05) is 0 Å². The molecule has 0 amide bonds. The fourth-order valence-electron chi connectivity index (χ4n) is 1.10. The van der Waals surface area contributed by atoms with Gasteiger partial charge in [-0.3, -0.25) is 0 Å². The molecule has 0 spiro atoms. The molecule has 4 nitrogen and oxygen atoms in total. The third-order valence-electron chi connectivity index (χ3n) is 1.80. The summed E-state index contributed by atoms with van der Waals surface area (Å²) < 4.78 is 29.7. The molecular formula is C9H9F2N3O. The zero-order valence-corrected chi connectivity index (χ0v) is 8.00. The number of pyridine rings is 1. The lowest BCUT2D eigenvalue weighted by Crippen LogP contribution is -2.04. The Morgan fingerprint density at radius 2 is 2.33 bits per heavy atom. The summed E-state index contributed by atoms with van der Waals surface area (Å²) >= 11 is 0. The van der Waals surface area contributed by atoms with Gasteiger partial charge in [0.2, 0.25) is 0 Å². The molecule has 6 heteroatoms. The maximum absolute atomic E-state index is 12.5. The first-order valence-electron chi connectivity index (χ1n) is 4.08. The molecule has 1 aromatic heterocycles. The molecule has 1 heterocycles. The van der Waals surface area contributed by atoms with E-state index in [2.05, 4.69) is 4.98 Å². The zero-order valence-electron chi connectivity index (χ0n) is 8.00. The van der Waals surface area contributed by atoms with Crippen LogP contribution in [0.5, 0.6) is 5.75 Å². The van der Waals surface area contributed by atoms with Gasteiger partial charge in [0.25, 0.3) is 6.43 Å². The molecule has 80 valence electrons. The molecular weight excluding hydrogens is 204 g/mol. The van der Waals surface area contributed by atoms with E-state index in [4.69, 9.17) is 15.7 Å². The molecule has 2 N–H and O–H groups in total. The molecule has 0 bridgehead atoms. The van der Waals surface area contributed by atoms with Crippen LogP contribution in [0.3, 0.4) is 0 Å². The quantitative estimate of drug-likeness (QED) is 0.828. The van der Waals surface area contributed by atoms with Crippen LogP contribution in [0.4, 0.5) is 14.5 Å². The highest BCUT2D eigenvalue weighted by molar-refractivity contribution is 5.51. The average Bonchev–Trinajstić information content (AvgIpc) is 2.20. The first-order valence-corrected chi connectivity index (χ1v) is 4.08. The van der Waals surface area contributed by atoms with E-state index >= 15 is 0 Å². The molecule has 1 rings (SSSR count). The number of halogens is 2. The van der Waals surface area contributed by atoms with Crippen molar-refractivity contribution in [3.63, 3.8) is 0 Å². The van der Waals surface area contributed by atoms with E-state index in [-0.39, 0.29) is 23.6 Å². The maximum atomic E-state index is 12.5. The maximum Gasteiger partial charge on any atom is 0.284 e. The van der Waals surface area contributed by atoms with Gasteiger partial charge >= 0.3 is 0 Å². The van der Waals surface area contributed by atoms with Gasteiger partial charge in [0, 0.05) is 6.07 Å². The number of nitrogens with two attached hydrogens (primary N) is 1. The number of nitrogen functional groups attached to an aromatic ring is 1. The second-order valence-electron chi connectivity index (χ2n) is 2.75. The molecule has 0 fully saturated rings. The zero-order chi connectivity index (χ0) is 11.4. The van der Waals surface area contributed by atoms with Crippen LogP contribution < -0.4 is 10.5 Å². The molecule has 0 aromatic carbocycles. The number of rotatable bonds is 3. The minimum absolute atomic E-state index is 0.0656. The predicted molar refractivity (Wildman–Crippen MR) is 49.5 cm³/mol. The lowest BCUT2D eigenvalue weighted by molar-refractivity contribution is 0.141. The number of ether oxygens (including phenoxy) is 1. The highest BCUT2D eigenvalue weighted by Gasteiger charge is 2.18. The summed E-state index contributed by atoms with van der Waals surface area (Å²) in [7, 11) is 1.26. The van der Waals surface area contributed by atoms with Crippen molar-refractivity contribution >= 4 is 5.69 Å². The largest absolute Gasteiger partial charge is 0.495 e. The summed E-state index contributed by atoms with van der Waals surface area (Å²) in [6, 6.07) is 3.05. The number of hydrogen-bond acceptors (Lipinski definition) is 4. The van der Waals surface area contributed by atoms with Gasteiger partial charge < -0.3 is 10.5 Å². The van der Waals surface area contributed by atoms with Crippen molar-refractivity contribution in [3.8, 4) is 11.8 Å². The third-order valence-corrected chi connectivity index (χ3v) is 1.80. The van der Waals surface area contributed by atoms with Gasteiger partial charge in [0.1, 0.15) is 11.4 Å². The monoisotopic (exact) mass is 213 g/mol. The Balaban J connectivity index is 3.25. The number of anilines is 1. The molecule has 0 aliphatic heterocycles. The Morgan fingerprint density at radius 3 is 2.80 bits per heavy atom. The molecule has 1 aromatic rings. The van der Waals surface area contributed by atoms with Crippen molar-refractivity contribution in [1.82, 2.24) is 4.98 Å². The van der Waals surface area contributed by atoms with Gasteiger partial charge in [0.05, 0.1) is 31.0 Å². The smallest absolute Gasteiger partial charge is 0.284 e. The highest BCUT2D eigenvalue weighted by Crippen LogP contribution is 2.30. The SMILES string of the molecule is COc1cc(N)c(CC#N)nc1C(F)F. The summed E-state index contributed by atoms with van der Waals surface area (Å²) in [5.41, 5.74) is 5.35. The minimum Gasteiger partial charge on any atom is -0.495 e. The Bertz CT molecular complexity index is 401. The van der Waals surface area contributed by atoms with E-state index in [9.17, 15) is 8.78 Å². The standard InChI is InChI=1S/C9H9F2N3O/c1-15-7-4-5(13)6(2-3-12)14-8(7)9(10)11/h4,9H,2,13H2,1H3. The van der Waals surface area contributed by atoms with Gasteiger partial charge in [0.15, 0.2) is 0 Å². The van der Waals surface area contributed by atoms with E-state index in [1.807, 2.05) is 0 Å². The second kappa shape index (κ2) is 4.55. The van der Waals surface area contributed by atoms with Crippen LogP contribution in [0.25, 0.3) is 0 Å². The summed E-state index contributed by atoms with van der Waals surface area (Å²) in [4.78, 5) is 3.61. The van der Waals surface area contributed by atoms with E-state index in [1.165, 1.54) is 13.2 Å². The molecule has 0 aliphatic rings. The second-order valence-corrected chi connectivity index (χ2v) is 2.75. The number of alkyl halides is 2. The fraction of sp³-hybridized carbons (Fsp3) is 0.333. The van der Waals surface area contributed by atoms with Gasteiger partial charge in [-0.25, -0.2) is 13.8 Å². The van der Waals surface area contributed by atoms with Crippen molar-refractivity contribution in [2.24, 2.45) is 0 Å². The van der Waals surface area contributed by atoms with E-state index in [0.717, 1.165) is 0 Å². The lowest BCUT2D eigenvalue weighted by atomic mass is 10.2. The van der Waals surface area contributed by atoms with Crippen LogP contribution in [0, 0.1) is 11.3 Å². The topological polar surface area (TPSA) is 71.9 Å². The number of nitriles is 1. The van der Waals surface area contributed by atoms with Crippen LogP contribution >= 0.6 is 0 Å². The third kappa shape index (κ3) is 2.31. The van der Waals surface area contributed by atoms with Crippen molar-refractivity contribution in [1.29, 1.82) is 5.26 Å². The highest BCUT2D eigenvalue weighted by atomic mass is 19.3. The summed E-state index contributed by atoms with van der Waals surface area (Å²) in [5.74, 6) is -0.0656. The van der Waals surface area contributed by atoms with Gasteiger partial charge in [-0.2, -0.15) is 5.26 Å². The molecule has 0 saturated carbocycles. The Labute approximate surface area is 85.3 Å². The van der Waals surface area contributed by atoms with E-state index in [0.29, 0.717) is 0 Å². The van der Waals surface area contributed by atoms with Crippen molar-refractivity contribution in [2.45, 2.75) is 12.8 Å². The van der Waals surface area contributed by atoms with Crippen LogP contribution in [-0.4, -0.2) is 12.1 Å². The average molecular weight is 213 g/mol. The van der Waals surface area contributed by atoms with Gasteiger partial charge in [-0.05, 0) is 0 Å². The molecule has 0 aliphatic carbocycles. The Hall–Kier alpha value is -1.90. The first-order chi connectivity index (χ1) is 7.10. The van der Waals surface area contributed by atoms with Crippen LogP contribution in [-0.2, 0) is 6.42 Å². The van der Waals surface area contributed by atoms with Crippen LogP contribution in [0.15, 0.2) is 6.07 Å². The number of hydrogen-bond donors (Lipinski definition) is 1. The molecule has 0 unspecified atom stereocenters. The van der Waals surface area contributed by atoms with E-state index < -0.39 is 12.1 Å². The fourth-order valence-corrected chi connectivity index (χ4v) is 1.10. The summed E-state index contributed by atoms with van der Waals surface area (Å²) in [5, 5.41) is 8.44. The molecule has 0 saturated heterocycles. The Morgan fingerprint density at radius 1 is 1.67 bits per heavy atom. The Kier molecular flexibility index (Phi) is 3.39. The van der Waals surface area contributed by atoms with Crippen LogP contribution in [0.1, 0.15) is 17.8 Å². The lowest BCUT2D eigenvalue weighted by Gasteiger charge is -2.10. The summed E-state index contributed by atoms with van der Waals surface area (Å²) in [6.45, 7) is 0. The predicted octanol–water partition coefficient (Wildman–Crippen LogP) is 1.68. The number of methoxy groups -OCH3 is 1. The van der Waals surface area contributed by atoms with Crippen molar-refractivity contribution in [2.75, 3.05) is 12.8 Å². The van der Waals surface area contributed by atoms with Crippen molar-refractivity contribution < 1.29 is 13.5 Å². The van der Waals surface area contributed by atoms with Gasteiger partial charge in [-0.15, -0.1) is 0 Å². The molecule has 0 radical (unpaired) electrons. The minimum atomic E-state index is -2.75. The number of aromatic nitrogens is 1. The first kappa shape index (κ1) is 11.2. The van der Waals surface area contributed by atoms with E-state index in [1.54, 1.807) is 6.07 Å². The number of nitrogens with zero attached hydrogens (tertiary/aromatic N) is 2. The normalized spacial score (nSPS) is 10.1. The van der Waals surface area contributed by atoms with Crippen LogP contribution in [0.2, 0.25) is 0 Å². The molecule has 15 heavy (non-hydrogen) atoms. The molecule has 0 atom stereocenters.